The summed E-state index contributed by atoms with van der Waals surface area (Å²) in [5, 5.41) is 17.1. The summed E-state index contributed by atoms with van der Waals surface area (Å²) in [6.45, 7) is 4.10. The first-order valence-corrected chi connectivity index (χ1v) is 6.05. The van der Waals surface area contributed by atoms with Crippen LogP contribution in [0.15, 0.2) is 30.5 Å². The van der Waals surface area contributed by atoms with Crippen molar-refractivity contribution in [3.63, 3.8) is 0 Å². The number of nitrogens with one attached hydrogen (secondary N) is 1. The molecule has 0 amide bonds. The molecule has 4 heteroatoms. The van der Waals surface area contributed by atoms with Crippen LogP contribution < -0.4 is 5.32 Å². The summed E-state index contributed by atoms with van der Waals surface area (Å²) in [7, 11) is 1.90. The molecule has 0 aliphatic carbocycles. The highest BCUT2D eigenvalue weighted by atomic mass is 16.3. The Balaban J connectivity index is 2.25. The van der Waals surface area contributed by atoms with Gasteiger partial charge in [-0.3, -0.25) is 4.68 Å². The van der Waals surface area contributed by atoms with Gasteiger partial charge in [-0.1, -0.05) is 18.2 Å². The molecule has 18 heavy (non-hydrogen) atoms. The smallest absolute Gasteiger partial charge is 0.0778 e. The minimum atomic E-state index is -0.125. The van der Waals surface area contributed by atoms with Gasteiger partial charge in [-0.25, -0.2) is 0 Å². The summed E-state index contributed by atoms with van der Waals surface area (Å²) >= 11 is 0. The molecule has 0 spiro atoms. The predicted octanol–water partition coefficient (Wildman–Crippen LogP) is 2.18. The van der Waals surface area contributed by atoms with Crippen LogP contribution in [-0.4, -0.2) is 21.5 Å². The van der Waals surface area contributed by atoms with Crippen molar-refractivity contribution < 1.29 is 5.11 Å². The first-order valence-electron chi connectivity index (χ1n) is 6.05. The van der Waals surface area contributed by atoms with Gasteiger partial charge in [0.2, 0.25) is 0 Å². The van der Waals surface area contributed by atoms with E-state index in [2.05, 4.69) is 10.4 Å². The van der Waals surface area contributed by atoms with Crippen LogP contribution in [-0.2, 0) is 7.05 Å². The number of aliphatic hydroxyl groups is 1. The molecule has 1 aromatic heterocycles. The van der Waals surface area contributed by atoms with E-state index in [9.17, 15) is 5.11 Å². The van der Waals surface area contributed by atoms with E-state index in [-0.39, 0.29) is 12.6 Å². The predicted molar refractivity (Wildman–Crippen MR) is 72.6 cm³/mol. The van der Waals surface area contributed by atoms with Crippen LogP contribution in [0, 0.1) is 13.8 Å². The number of aryl methyl sites for hydroxylation is 2. The maximum atomic E-state index is 9.57. The number of hydrogen-bond acceptors (Lipinski definition) is 3. The topological polar surface area (TPSA) is 50.1 Å². The zero-order valence-corrected chi connectivity index (χ0v) is 11.0. The summed E-state index contributed by atoms with van der Waals surface area (Å²) < 4.78 is 1.82. The van der Waals surface area contributed by atoms with E-state index >= 15 is 0 Å². The molecule has 2 N–H and O–H groups in total. The normalized spacial score (nSPS) is 12.4. The third-order valence-electron chi connectivity index (χ3n) is 3.31. The Morgan fingerprint density at radius 3 is 2.61 bits per heavy atom. The minimum Gasteiger partial charge on any atom is -0.394 e. The van der Waals surface area contributed by atoms with Gasteiger partial charge >= 0.3 is 0 Å². The summed E-state index contributed by atoms with van der Waals surface area (Å²) in [6, 6.07) is 7.93. The average molecular weight is 245 g/mol. The molecule has 0 radical (unpaired) electrons. The highest BCUT2D eigenvalue weighted by Crippen LogP contribution is 2.23. The molecule has 1 aromatic carbocycles. The van der Waals surface area contributed by atoms with Crippen LogP contribution in [0.3, 0.4) is 0 Å². The van der Waals surface area contributed by atoms with Crippen molar-refractivity contribution in [3.05, 3.63) is 47.3 Å². The standard InChI is InChI=1S/C14H19N3O/c1-10-6-4-5-7-13(10)16-14(9-18)12-8-15-17(3)11(12)2/h4-8,14,16,18H,9H2,1-3H3. The Kier molecular flexibility index (Phi) is 3.67. The number of aromatic nitrogens is 2. The molecule has 4 nitrogen and oxygen atoms in total. The Bertz CT molecular complexity index is 534. The lowest BCUT2D eigenvalue weighted by Gasteiger charge is -2.19. The second-order valence-electron chi connectivity index (χ2n) is 4.50. The third-order valence-corrected chi connectivity index (χ3v) is 3.31. The lowest BCUT2D eigenvalue weighted by Crippen LogP contribution is -2.16. The van der Waals surface area contributed by atoms with Gasteiger partial charge in [0.1, 0.15) is 0 Å². The van der Waals surface area contributed by atoms with E-state index in [1.807, 2.05) is 56.0 Å². The molecule has 0 saturated heterocycles. The molecule has 0 saturated carbocycles. The summed E-state index contributed by atoms with van der Waals surface area (Å²) in [6.07, 6.45) is 1.81. The van der Waals surface area contributed by atoms with Crippen molar-refractivity contribution in [1.29, 1.82) is 0 Å². The second-order valence-corrected chi connectivity index (χ2v) is 4.50. The SMILES string of the molecule is Cc1ccccc1NC(CO)c1cnn(C)c1C. The molecular weight excluding hydrogens is 226 g/mol. The first kappa shape index (κ1) is 12.6. The fourth-order valence-corrected chi connectivity index (χ4v) is 2.00. The van der Waals surface area contributed by atoms with Crippen molar-refractivity contribution >= 4 is 5.69 Å². The van der Waals surface area contributed by atoms with E-state index in [4.69, 9.17) is 0 Å². The highest BCUT2D eigenvalue weighted by molar-refractivity contribution is 5.52. The fourth-order valence-electron chi connectivity index (χ4n) is 2.00. The highest BCUT2D eigenvalue weighted by Gasteiger charge is 2.16. The maximum absolute atomic E-state index is 9.57. The van der Waals surface area contributed by atoms with Gasteiger partial charge in [0.25, 0.3) is 0 Å². The van der Waals surface area contributed by atoms with Crippen LogP contribution in [0.5, 0.6) is 0 Å². The molecule has 0 aliphatic rings. The number of hydrogen-bond donors (Lipinski definition) is 2. The van der Waals surface area contributed by atoms with Gasteiger partial charge in [0.15, 0.2) is 0 Å². The molecule has 0 fully saturated rings. The second kappa shape index (κ2) is 5.23. The van der Waals surface area contributed by atoms with Crippen molar-refractivity contribution in [2.75, 3.05) is 11.9 Å². The van der Waals surface area contributed by atoms with Crippen LogP contribution in [0.25, 0.3) is 0 Å². The number of aliphatic hydroxyl groups excluding tert-OH is 1. The molecule has 96 valence electrons. The van der Waals surface area contributed by atoms with E-state index in [1.54, 1.807) is 0 Å². The van der Waals surface area contributed by atoms with Gasteiger partial charge in [-0.05, 0) is 25.5 Å². The Hall–Kier alpha value is -1.81. The zero-order valence-electron chi connectivity index (χ0n) is 11.0. The number of benzene rings is 1. The number of rotatable bonds is 4. The average Bonchev–Trinajstić information content (AvgIpc) is 2.70. The molecule has 0 aliphatic heterocycles. The number of nitrogens with zero attached hydrogens (tertiary/aromatic N) is 2. The molecule has 1 atom stereocenters. The summed E-state index contributed by atoms with van der Waals surface area (Å²) in [5.41, 5.74) is 4.30. The van der Waals surface area contributed by atoms with Gasteiger partial charge in [-0.15, -0.1) is 0 Å². The summed E-state index contributed by atoms with van der Waals surface area (Å²) in [5.74, 6) is 0. The molecule has 2 rings (SSSR count). The van der Waals surface area contributed by atoms with Gasteiger partial charge in [0.05, 0.1) is 18.8 Å². The maximum Gasteiger partial charge on any atom is 0.0778 e. The van der Waals surface area contributed by atoms with Crippen LogP contribution in [0.2, 0.25) is 0 Å². The van der Waals surface area contributed by atoms with Crippen molar-refractivity contribution in [2.45, 2.75) is 19.9 Å². The minimum absolute atomic E-state index is 0.0425. The monoisotopic (exact) mass is 245 g/mol. The van der Waals surface area contributed by atoms with Gasteiger partial charge in [0, 0.05) is 24.0 Å². The van der Waals surface area contributed by atoms with Gasteiger partial charge in [-0.2, -0.15) is 5.10 Å². The van der Waals surface area contributed by atoms with Crippen LogP contribution in [0.4, 0.5) is 5.69 Å². The molecule has 1 heterocycles. The van der Waals surface area contributed by atoms with E-state index in [0.29, 0.717) is 0 Å². The van der Waals surface area contributed by atoms with Crippen LogP contribution in [0.1, 0.15) is 22.9 Å². The molecule has 1 unspecified atom stereocenters. The summed E-state index contributed by atoms with van der Waals surface area (Å²) in [4.78, 5) is 0. The number of anilines is 1. The van der Waals surface area contributed by atoms with E-state index in [0.717, 1.165) is 22.5 Å². The van der Waals surface area contributed by atoms with E-state index < -0.39 is 0 Å². The largest absolute Gasteiger partial charge is 0.394 e. The van der Waals surface area contributed by atoms with Crippen molar-refractivity contribution in [3.8, 4) is 0 Å². The zero-order chi connectivity index (χ0) is 13.1. The molecule has 0 bridgehead atoms. The van der Waals surface area contributed by atoms with Crippen molar-refractivity contribution in [2.24, 2.45) is 7.05 Å². The van der Waals surface area contributed by atoms with E-state index in [1.165, 1.54) is 0 Å². The molecular formula is C14H19N3O. The van der Waals surface area contributed by atoms with Gasteiger partial charge < -0.3 is 10.4 Å². The number of para-hydroxylation sites is 1. The Morgan fingerprint density at radius 1 is 1.33 bits per heavy atom. The lowest BCUT2D eigenvalue weighted by atomic mass is 10.1. The third kappa shape index (κ3) is 2.38. The Labute approximate surface area is 107 Å². The van der Waals surface area contributed by atoms with Crippen LogP contribution >= 0.6 is 0 Å². The lowest BCUT2D eigenvalue weighted by molar-refractivity contribution is 0.276. The Morgan fingerprint density at radius 2 is 2.06 bits per heavy atom. The van der Waals surface area contributed by atoms with Crippen molar-refractivity contribution in [1.82, 2.24) is 9.78 Å². The molecule has 2 aromatic rings. The quantitative estimate of drug-likeness (QED) is 0.868. The first-order chi connectivity index (χ1) is 8.63. The fraction of sp³-hybridized carbons (Fsp3) is 0.357.